The van der Waals surface area contributed by atoms with Crippen molar-refractivity contribution in [1.82, 2.24) is 5.32 Å². The maximum absolute atomic E-state index is 3.50. The number of allylic oxidation sites excluding steroid dienone is 1. The molecule has 0 saturated heterocycles. The molecule has 0 fully saturated rings. The smallest absolute Gasteiger partial charge is 0.0299 e. The number of rotatable bonds is 5. The Kier molecular flexibility index (Phi) is 4.42. The Morgan fingerprint density at radius 1 is 1.33 bits per heavy atom. The predicted molar refractivity (Wildman–Crippen MR) is 67.2 cm³/mol. The van der Waals surface area contributed by atoms with Crippen LogP contribution in [0.4, 0.5) is 0 Å². The van der Waals surface area contributed by atoms with Crippen LogP contribution in [0.25, 0.3) is 0 Å². The highest BCUT2D eigenvalue weighted by molar-refractivity contribution is 7.09. The second kappa shape index (κ2) is 6.09. The van der Waals surface area contributed by atoms with E-state index in [1.54, 1.807) is 5.57 Å². The van der Waals surface area contributed by atoms with E-state index in [9.17, 15) is 0 Å². The van der Waals surface area contributed by atoms with Gasteiger partial charge in [0.15, 0.2) is 0 Å². The minimum atomic E-state index is 1.03. The summed E-state index contributed by atoms with van der Waals surface area (Å²) in [6.07, 6.45) is 9.12. The van der Waals surface area contributed by atoms with Crippen molar-refractivity contribution >= 4 is 11.3 Å². The van der Waals surface area contributed by atoms with Gasteiger partial charge in [-0.2, -0.15) is 0 Å². The lowest BCUT2D eigenvalue weighted by molar-refractivity contribution is 0.635. The van der Waals surface area contributed by atoms with Crippen LogP contribution in [0.1, 0.15) is 37.0 Å². The summed E-state index contributed by atoms with van der Waals surface area (Å²) >= 11 is 1.83. The average molecular weight is 221 g/mol. The molecule has 0 aliphatic heterocycles. The van der Waals surface area contributed by atoms with Crippen molar-refractivity contribution in [2.24, 2.45) is 0 Å². The first kappa shape index (κ1) is 10.9. The third kappa shape index (κ3) is 3.80. The van der Waals surface area contributed by atoms with Crippen molar-refractivity contribution in [3.63, 3.8) is 0 Å². The third-order valence-electron chi connectivity index (χ3n) is 2.89. The zero-order valence-electron chi connectivity index (χ0n) is 9.17. The van der Waals surface area contributed by atoms with Crippen LogP contribution < -0.4 is 5.32 Å². The molecule has 1 heterocycles. The van der Waals surface area contributed by atoms with Gasteiger partial charge in [-0.25, -0.2) is 0 Å². The summed E-state index contributed by atoms with van der Waals surface area (Å²) in [6.45, 7) is 2.16. The quantitative estimate of drug-likeness (QED) is 0.590. The zero-order valence-corrected chi connectivity index (χ0v) is 9.98. The first-order chi connectivity index (χ1) is 7.45. The van der Waals surface area contributed by atoms with Crippen LogP contribution in [0.2, 0.25) is 0 Å². The lowest BCUT2D eigenvalue weighted by Crippen LogP contribution is -2.14. The Morgan fingerprint density at radius 3 is 3.07 bits per heavy atom. The molecule has 0 aromatic carbocycles. The van der Waals surface area contributed by atoms with E-state index in [1.807, 2.05) is 11.3 Å². The highest BCUT2D eigenvalue weighted by atomic mass is 32.1. The summed E-state index contributed by atoms with van der Waals surface area (Å²) in [5, 5.41) is 5.64. The van der Waals surface area contributed by atoms with Gasteiger partial charge in [0.25, 0.3) is 0 Å². The van der Waals surface area contributed by atoms with Gasteiger partial charge < -0.3 is 5.32 Å². The molecule has 1 aliphatic rings. The van der Waals surface area contributed by atoms with Crippen LogP contribution in [0.5, 0.6) is 0 Å². The molecule has 1 N–H and O–H groups in total. The molecule has 1 nitrogen and oxygen atoms in total. The zero-order chi connectivity index (χ0) is 10.3. The van der Waals surface area contributed by atoms with E-state index in [0.717, 1.165) is 13.1 Å². The Labute approximate surface area is 96.2 Å². The van der Waals surface area contributed by atoms with E-state index in [0.29, 0.717) is 0 Å². The SMILES string of the molecule is C1=C(CCNCc2cccs2)CCCC1. The van der Waals surface area contributed by atoms with Crippen molar-refractivity contribution in [2.75, 3.05) is 6.54 Å². The Morgan fingerprint density at radius 2 is 2.33 bits per heavy atom. The van der Waals surface area contributed by atoms with Crippen LogP contribution in [0, 0.1) is 0 Å². The highest BCUT2D eigenvalue weighted by Gasteiger charge is 2.02. The first-order valence-electron chi connectivity index (χ1n) is 5.86. The molecule has 15 heavy (non-hydrogen) atoms. The van der Waals surface area contributed by atoms with Gasteiger partial charge in [0.1, 0.15) is 0 Å². The molecule has 1 aromatic heterocycles. The van der Waals surface area contributed by atoms with Gasteiger partial charge in [0.2, 0.25) is 0 Å². The molecule has 0 radical (unpaired) electrons. The second-order valence-electron chi connectivity index (χ2n) is 4.11. The van der Waals surface area contributed by atoms with Gasteiger partial charge in [-0.3, -0.25) is 0 Å². The molecular weight excluding hydrogens is 202 g/mol. The molecule has 0 saturated carbocycles. The second-order valence-corrected chi connectivity index (χ2v) is 5.15. The van der Waals surface area contributed by atoms with Gasteiger partial charge in [-0.15, -0.1) is 11.3 Å². The summed E-state index contributed by atoms with van der Waals surface area (Å²) in [6, 6.07) is 4.31. The van der Waals surface area contributed by atoms with E-state index >= 15 is 0 Å². The maximum Gasteiger partial charge on any atom is 0.0299 e. The number of hydrogen-bond acceptors (Lipinski definition) is 2. The minimum absolute atomic E-state index is 1.03. The fourth-order valence-corrected chi connectivity index (χ4v) is 2.68. The molecule has 1 aromatic rings. The summed E-state index contributed by atoms with van der Waals surface area (Å²) in [7, 11) is 0. The van der Waals surface area contributed by atoms with E-state index in [1.165, 1.54) is 37.0 Å². The molecule has 2 rings (SSSR count). The highest BCUT2D eigenvalue weighted by Crippen LogP contribution is 2.19. The van der Waals surface area contributed by atoms with Crippen LogP contribution in [0.3, 0.4) is 0 Å². The fourth-order valence-electron chi connectivity index (χ4n) is 2.01. The number of thiophene rings is 1. The Hall–Kier alpha value is -0.600. The van der Waals surface area contributed by atoms with E-state index in [2.05, 4.69) is 28.9 Å². The van der Waals surface area contributed by atoms with Gasteiger partial charge in [0, 0.05) is 11.4 Å². The summed E-state index contributed by atoms with van der Waals surface area (Å²) in [5.74, 6) is 0. The lowest BCUT2D eigenvalue weighted by Gasteiger charge is -2.12. The van der Waals surface area contributed by atoms with Crippen molar-refractivity contribution in [3.8, 4) is 0 Å². The number of nitrogens with one attached hydrogen (secondary N) is 1. The monoisotopic (exact) mass is 221 g/mol. The van der Waals surface area contributed by atoms with Crippen LogP contribution in [-0.4, -0.2) is 6.54 Å². The molecule has 0 amide bonds. The third-order valence-corrected chi connectivity index (χ3v) is 3.76. The lowest BCUT2D eigenvalue weighted by atomic mass is 9.97. The molecule has 0 spiro atoms. The molecule has 82 valence electrons. The van der Waals surface area contributed by atoms with Crippen LogP contribution >= 0.6 is 11.3 Å². The Balaban J connectivity index is 1.60. The van der Waals surface area contributed by atoms with Gasteiger partial charge >= 0.3 is 0 Å². The molecule has 0 unspecified atom stereocenters. The van der Waals surface area contributed by atoms with Gasteiger partial charge in [-0.05, 0) is 50.1 Å². The van der Waals surface area contributed by atoms with E-state index in [-0.39, 0.29) is 0 Å². The summed E-state index contributed by atoms with van der Waals surface area (Å²) in [4.78, 5) is 1.44. The van der Waals surface area contributed by atoms with Crippen LogP contribution in [0.15, 0.2) is 29.2 Å². The topological polar surface area (TPSA) is 12.0 Å². The maximum atomic E-state index is 3.50. The van der Waals surface area contributed by atoms with Crippen LogP contribution in [-0.2, 0) is 6.54 Å². The Bertz CT molecular complexity index is 300. The van der Waals surface area contributed by atoms with Gasteiger partial charge in [-0.1, -0.05) is 17.7 Å². The predicted octanol–water partition coefficient (Wildman–Crippen LogP) is 3.73. The first-order valence-corrected chi connectivity index (χ1v) is 6.74. The molecule has 1 aliphatic carbocycles. The fraction of sp³-hybridized carbons (Fsp3) is 0.538. The molecule has 2 heteroatoms. The minimum Gasteiger partial charge on any atom is -0.312 e. The number of hydrogen-bond donors (Lipinski definition) is 1. The van der Waals surface area contributed by atoms with Crippen molar-refractivity contribution < 1.29 is 0 Å². The molecule has 0 bridgehead atoms. The van der Waals surface area contributed by atoms with Crippen molar-refractivity contribution in [2.45, 2.75) is 38.6 Å². The van der Waals surface area contributed by atoms with E-state index in [4.69, 9.17) is 0 Å². The molecular formula is C13H19NS. The van der Waals surface area contributed by atoms with Crippen molar-refractivity contribution in [3.05, 3.63) is 34.0 Å². The largest absolute Gasteiger partial charge is 0.312 e. The normalized spacial score (nSPS) is 16.4. The van der Waals surface area contributed by atoms with E-state index < -0.39 is 0 Å². The average Bonchev–Trinajstić information content (AvgIpc) is 2.79. The van der Waals surface area contributed by atoms with Gasteiger partial charge in [0.05, 0.1) is 0 Å². The summed E-state index contributed by atoms with van der Waals surface area (Å²) < 4.78 is 0. The molecule has 0 atom stereocenters. The standard InChI is InChI=1S/C13H19NS/c1-2-5-12(6-3-1)8-9-14-11-13-7-4-10-15-13/h4-5,7,10,14H,1-3,6,8-9,11H2. The van der Waals surface area contributed by atoms with Crippen molar-refractivity contribution in [1.29, 1.82) is 0 Å². The summed E-state index contributed by atoms with van der Waals surface area (Å²) in [5.41, 5.74) is 1.67.